The lowest BCUT2D eigenvalue weighted by molar-refractivity contribution is 1.62. The third kappa shape index (κ3) is 47.8. The number of hydrogen-bond acceptors (Lipinski definition) is 0. The summed E-state index contributed by atoms with van der Waals surface area (Å²) in [5.74, 6) is 0. The first kappa shape index (κ1) is 73.1. The first-order chi connectivity index (χ1) is 41.9. The van der Waals surface area contributed by atoms with E-state index < -0.39 is 0 Å². The minimum atomic E-state index is 0. The van der Waals surface area contributed by atoms with Crippen molar-refractivity contribution < 1.29 is 0 Å². The van der Waals surface area contributed by atoms with Gasteiger partial charge in [-0.1, -0.05) is 500 Å². The average Bonchev–Trinajstić information content (AvgIpc) is 3.68. The molecule has 0 aliphatic heterocycles. The van der Waals surface area contributed by atoms with Gasteiger partial charge in [-0.25, -0.2) is 0 Å². The smallest absolute Gasteiger partial charge is 0.0184 e. The Morgan fingerprint density at radius 1 is 0.0698 bits per heavy atom. The van der Waals surface area contributed by atoms with Crippen molar-refractivity contribution in [3.8, 4) is 22.3 Å². The highest BCUT2D eigenvalue weighted by Gasteiger charge is 1.93. The molecule has 0 heterocycles. The molecule has 86 heavy (non-hydrogen) atoms. The second-order valence-corrected chi connectivity index (χ2v) is 17.0. The molecular weight excluding hydrogens is 1030 g/mol. The van der Waals surface area contributed by atoms with Gasteiger partial charge in [-0.3, -0.25) is 0 Å². The molecule has 14 aromatic rings. The Hall–Kier alpha value is -10.9. The number of rotatable bonds is 2. The van der Waals surface area contributed by atoms with E-state index in [4.69, 9.17) is 0 Å². The lowest BCUT2D eigenvalue weighted by atomic mass is 10.1. The third-order valence-corrected chi connectivity index (χ3v) is 10.4. The van der Waals surface area contributed by atoms with E-state index in [0.717, 1.165) is 0 Å². The van der Waals surface area contributed by atoms with Crippen LogP contribution < -0.4 is 0 Å². The van der Waals surface area contributed by atoms with E-state index in [1.807, 2.05) is 388 Å². The monoisotopic (exact) mass is 1120 g/mol. The molecule has 0 N–H and O–H groups in total. The molecule has 0 heteroatoms. The van der Waals surface area contributed by atoms with Crippen molar-refractivity contribution in [2.75, 3.05) is 0 Å². The molecule has 0 saturated carbocycles. The van der Waals surface area contributed by atoms with E-state index in [2.05, 4.69) is 97.1 Å². The fourth-order valence-electron chi connectivity index (χ4n) is 6.37. The largest absolute Gasteiger partial charge is 0.0776 e. The van der Waals surface area contributed by atoms with Crippen LogP contribution in [-0.4, -0.2) is 0 Å². The zero-order valence-electron chi connectivity index (χ0n) is 48.2. The summed E-state index contributed by atoms with van der Waals surface area (Å²) in [7, 11) is 0. The lowest BCUT2D eigenvalue weighted by Crippen LogP contribution is -1.73. The topological polar surface area (TPSA) is 0 Å². The van der Waals surface area contributed by atoms with Crippen molar-refractivity contribution in [2.24, 2.45) is 0 Å². The second-order valence-electron chi connectivity index (χ2n) is 17.0. The van der Waals surface area contributed by atoms with Crippen LogP contribution in [-0.2, 0) is 0 Å². The number of benzene rings is 14. The van der Waals surface area contributed by atoms with Crippen LogP contribution in [0.2, 0.25) is 0 Å². The van der Waals surface area contributed by atoms with Gasteiger partial charge in [0.1, 0.15) is 0 Å². The standard InChI is InChI=1S/2C12H10.10C6H6.2CH4/c2*1-3-7-11(8-4-1)12-9-5-2-6-10-12;10*1-2-4-6-5-3-1;;/h2*1-10H;10*1-6H;2*1H4. The van der Waals surface area contributed by atoms with E-state index in [1.54, 1.807) is 0 Å². The van der Waals surface area contributed by atoms with Crippen LogP contribution in [0.4, 0.5) is 0 Å². The molecule has 0 atom stereocenters. The summed E-state index contributed by atoms with van der Waals surface area (Å²) >= 11 is 0. The quantitative estimate of drug-likeness (QED) is 0.162. The molecule has 432 valence electrons. The van der Waals surface area contributed by atoms with E-state index >= 15 is 0 Å². The average molecular weight is 1120 g/mol. The Labute approximate surface area is 519 Å². The van der Waals surface area contributed by atoms with Gasteiger partial charge in [0, 0.05) is 0 Å². The molecular formula is C86H88. The first-order valence-electron chi connectivity index (χ1n) is 28.1. The molecule has 0 amide bonds. The maximum absolute atomic E-state index is 2.12. The highest BCUT2D eigenvalue weighted by Crippen LogP contribution is 2.18. The summed E-state index contributed by atoms with van der Waals surface area (Å²) in [5, 5.41) is 0. The minimum absolute atomic E-state index is 0. The van der Waals surface area contributed by atoms with Gasteiger partial charge < -0.3 is 0 Å². The SMILES string of the molecule is C.C.c1ccc(-c2ccccc2)cc1.c1ccc(-c2ccccc2)cc1.c1ccccc1.c1ccccc1.c1ccccc1.c1ccccc1.c1ccccc1.c1ccccc1.c1ccccc1.c1ccccc1.c1ccccc1.c1ccccc1. The van der Waals surface area contributed by atoms with Crippen molar-refractivity contribution in [3.05, 3.63) is 485 Å². The summed E-state index contributed by atoms with van der Waals surface area (Å²) in [6.07, 6.45) is 0. The Balaban J connectivity index is 0.000000474. The summed E-state index contributed by atoms with van der Waals surface area (Å²) < 4.78 is 0. The predicted octanol–water partition coefficient (Wildman–Crippen LogP) is 24.8. The maximum atomic E-state index is 2.12. The van der Waals surface area contributed by atoms with E-state index in [9.17, 15) is 0 Å². The molecule has 0 aliphatic rings. The maximum Gasteiger partial charge on any atom is -0.0184 e. The molecule has 14 aromatic carbocycles. The van der Waals surface area contributed by atoms with Gasteiger partial charge in [0.25, 0.3) is 0 Å². The van der Waals surface area contributed by atoms with E-state index in [-0.39, 0.29) is 14.9 Å². The zero-order valence-corrected chi connectivity index (χ0v) is 48.2. The third-order valence-electron chi connectivity index (χ3n) is 10.4. The molecule has 0 nitrogen and oxygen atoms in total. The molecule has 0 fully saturated rings. The van der Waals surface area contributed by atoms with Crippen molar-refractivity contribution in [1.82, 2.24) is 0 Å². The Kier molecular flexibility index (Phi) is 51.2. The van der Waals surface area contributed by atoms with Gasteiger partial charge in [-0.05, 0) is 22.3 Å². The summed E-state index contributed by atoms with van der Waals surface area (Å²) in [5.41, 5.74) is 5.10. The second kappa shape index (κ2) is 60.2. The Morgan fingerprint density at radius 2 is 0.116 bits per heavy atom. The van der Waals surface area contributed by atoms with Crippen LogP contribution in [0.3, 0.4) is 0 Å². The zero-order chi connectivity index (χ0) is 58.9. The molecule has 0 spiro atoms. The van der Waals surface area contributed by atoms with Gasteiger partial charge in [-0.15, -0.1) is 0 Å². The Morgan fingerprint density at radius 3 is 0.174 bits per heavy atom. The van der Waals surface area contributed by atoms with Crippen LogP contribution in [0.1, 0.15) is 14.9 Å². The van der Waals surface area contributed by atoms with Gasteiger partial charge in [-0.2, -0.15) is 0 Å². The fourth-order valence-corrected chi connectivity index (χ4v) is 6.37. The van der Waals surface area contributed by atoms with Crippen molar-refractivity contribution >= 4 is 0 Å². The molecule has 14 rings (SSSR count). The molecule has 0 unspecified atom stereocenters. The molecule has 0 aromatic heterocycles. The van der Waals surface area contributed by atoms with Crippen LogP contribution in [0.15, 0.2) is 485 Å². The fraction of sp³-hybridized carbons (Fsp3) is 0.0233. The van der Waals surface area contributed by atoms with Gasteiger partial charge in [0.2, 0.25) is 0 Å². The minimum Gasteiger partial charge on any atom is -0.0776 e. The van der Waals surface area contributed by atoms with Crippen LogP contribution in [0, 0.1) is 0 Å². The molecule has 0 aliphatic carbocycles. The summed E-state index contributed by atoms with van der Waals surface area (Å²) in [6.45, 7) is 0. The van der Waals surface area contributed by atoms with Gasteiger partial charge >= 0.3 is 0 Å². The molecule has 0 saturated heterocycles. The summed E-state index contributed by atoms with van der Waals surface area (Å²) in [4.78, 5) is 0. The lowest BCUT2D eigenvalue weighted by Gasteiger charge is -1.98. The van der Waals surface area contributed by atoms with Crippen molar-refractivity contribution in [3.63, 3.8) is 0 Å². The van der Waals surface area contributed by atoms with E-state index in [0.29, 0.717) is 0 Å². The highest BCUT2D eigenvalue weighted by molar-refractivity contribution is 5.63. The van der Waals surface area contributed by atoms with Gasteiger partial charge in [0.05, 0.1) is 0 Å². The summed E-state index contributed by atoms with van der Waals surface area (Å²) in [6, 6.07) is 162. The molecule has 0 bridgehead atoms. The normalized spacial score (nSPS) is 8.28. The van der Waals surface area contributed by atoms with Crippen molar-refractivity contribution in [2.45, 2.75) is 14.9 Å². The van der Waals surface area contributed by atoms with Crippen LogP contribution in [0.5, 0.6) is 0 Å². The highest BCUT2D eigenvalue weighted by atomic mass is 14.0. The molecule has 0 radical (unpaired) electrons. The predicted molar refractivity (Wildman–Crippen MR) is 382 cm³/mol. The van der Waals surface area contributed by atoms with Gasteiger partial charge in [0.15, 0.2) is 0 Å². The van der Waals surface area contributed by atoms with Crippen LogP contribution >= 0.6 is 0 Å². The Bertz CT molecular complexity index is 2330. The van der Waals surface area contributed by atoms with E-state index in [1.165, 1.54) is 22.3 Å². The van der Waals surface area contributed by atoms with Crippen molar-refractivity contribution in [1.29, 1.82) is 0 Å². The van der Waals surface area contributed by atoms with Crippen LogP contribution in [0.25, 0.3) is 22.3 Å². The number of hydrogen-bond donors (Lipinski definition) is 0. The first-order valence-corrected chi connectivity index (χ1v) is 28.1.